The highest BCUT2D eigenvalue weighted by atomic mass is 16.5. The van der Waals surface area contributed by atoms with Gasteiger partial charge in [-0.2, -0.15) is 0 Å². The molecule has 0 amide bonds. The number of methoxy groups -OCH3 is 2. The van der Waals surface area contributed by atoms with Crippen molar-refractivity contribution in [2.24, 2.45) is 0 Å². The second kappa shape index (κ2) is 11.4. The lowest BCUT2D eigenvalue weighted by Crippen LogP contribution is -2.10. The van der Waals surface area contributed by atoms with Crippen LogP contribution in [-0.2, 0) is 0 Å². The Morgan fingerprint density at radius 3 is 2.26 bits per heavy atom. The molecule has 43 heavy (non-hydrogen) atoms. The lowest BCUT2D eigenvalue weighted by Gasteiger charge is -2.12. The molecule has 0 saturated heterocycles. The average Bonchev–Trinajstić information content (AvgIpc) is 3.40. The molecular formula is C35H28O8. The van der Waals surface area contributed by atoms with Gasteiger partial charge in [-0.05, 0) is 61.9 Å². The number of benzene rings is 4. The van der Waals surface area contributed by atoms with Crippen molar-refractivity contribution in [2.45, 2.75) is 13.8 Å². The van der Waals surface area contributed by atoms with Crippen LogP contribution in [0.2, 0.25) is 0 Å². The summed E-state index contributed by atoms with van der Waals surface area (Å²) >= 11 is 0. The monoisotopic (exact) mass is 576 g/mol. The van der Waals surface area contributed by atoms with Crippen molar-refractivity contribution < 1.29 is 32.6 Å². The summed E-state index contributed by atoms with van der Waals surface area (Å²) in [4.78, 5) is 27.3. The van der Waals surface area contributed by atoms with Crippen molar-refractivity contribution >= 4 is 27.9 Å². The number of hydrogen-bond donors (Lipinski definition) is 0. The SMILES string of the molecule is CCOc1ccc2oc(-c3ccccc3)c(C(=O)Oc3ccc4c(=O)c(-c5ccc(OC)c(OC)c5)c(C)oc4c3)c2c1. The molecule has 6 aromatic rings. The molecule has 0 aliphatic carbocycles. The van der Waals surface area contributed by atoms with Gasteiger partial charge in [0.05, 0.1) is 31.8 Å². The topological polar surface area (TPSA) is 97.3 Å². The molecule has 0 bridgehead atoms. The fourth-order valence-electron chi connectivity index (χ4n) is 5.16. The molecule has 0 fully saturated rings. The average molecular weight is 577 g/mol. The molecule has 8 heteroatoms. The van der Waals surface area contributed by atoms with E-state index in [-0.39, 0.29) is 22.3 Å². The number of aryl methyl sites for hydroxylation is 1. The highest BCUT2D eigenvalue weighted by molar-refractivity contribution is 6.10. The fourth-order valence-corrected chi connectivity index (χ4v) is 5.16. The van der Waals surface area contributed by atoms with Crippen LogP contribution in [0.25, 0.3) is 44.4 Å². The van der Waals surface area contributed by atoms with Gasteiger partial charge in [0.2, 0.25) is 5.43 Å². The van der Waals surface area contributed by atoms with Gasteiger partial charge in [-0.3, -0.25) is 4.79 Å². The van der Waals surface area contributed by atoms with E-state index in [1.807, 2.05) is 37.3 Å². The molecule has 0 spiro atoms. The van der Waals surface area contributed by atoms with E-state index in [0.717, 1.165) is 5.56 Å². The third-order valence-electron chi connectivity index (χ3n) is 7.13. The molecule has 0 aliphatic rings. The Hall–Kier alpha value is -5.50. The molecule has 0 radical (unpaired) electrons. The molecule has 0 unspecified atom stereocenters. The van der Waals surface area contributed by atoms with Crippen molar-refractivity contribution in [3.63, 3.8) is 0 Å². The second-order valence-corrected chi connectivity index (χ2v) is 9.74. The van der Waals surface area contributed by atoms with Gasteiger partial charge >= 0.3 is 5.97 Å². The zero-order valence-electron chi connectivity index (χ0n) is 24.1. The first-order valence-corrected chi connectivity index (χ1v) is 13.7. The number of rotatable bonds is 8. The van der Waals surface area contributed by atoms with Crippen LogP contribution in [0.5, 0.6) is 23.0 Å². The third kappa shape index (κ3) is 5.08. The molecule has 216 valence electrons. The normalized spacial score (nSPS) is 11.1. The number of carbonyl (C=O) groups excluding carboxylic acids is 1. The highest BCUT2D eigenvalue weighted by Gasteiger charge is 2.25. The lowest BCUT2D eigenvalue weighted by atomic mass is 10.0. The van der Waals surface area contributed by atoms with Gasteiger partial charge in [0, 0.05) is 17.0 Å². The van der Waals surface area contributed by atoms with Crippen LogP contribution in [0.3, 0.4) is 0 Å². The van der Waals surface area contributed by atoms with E-state index in [1.165, 1.54) is 13.2 Å². The maximum absolute atomic E-state index is 13.7. The quantitative estimate of drug-likeness (QED) is 0.134. The van der Waals surface area contributed by atoms with Crippen LogP contribution in [0.1, 0.15) is 23.0 Å². The predicted molar refractivity (Wildman–Crippen MR) is 164 cm³/mol. The molecule has 8 nitrogen and oxygen atoms in total. The molecule has 4 aromatic carbocycles. The molecule has 0 atom stereocenters. The van der Waals surface area contributed by atoms with Gasteiger partial charge in [0.15, 0.2) is 11.5 Å². The van der Waals surface area contributed by atoms with E-state index in [4.69, 9.17) is 27.8 Å². The number of furan rings is 1. The number of hydrogen-bond acceptors (Lipinski definition) is 8. The van der Waals surface area contributed by atoms with E-state index in [0.29, 0.717) is 62.9 Å². The zero-order chi connectivity index (χ0) is 30.1. The standard InChI is InChI=1S/C35H28O8/c1-5-40-23-13-16-27-26(18-23)32(34(43-27)21-9-7-6-8-10-21)35(37)42-24-12-14-25-29(19-24)41-20(2)31(33(25)36)22-11-15-28(38-3)30(17-22)39-4/h6-19H,5H2,1-4H3. The molecule has 2 heterocycles. The van der Waals surface area contributed by atoms with Crippen LogP contribution >= 0.6 is 0 Å². The van der Waals surface area contributed by atoms with Gasteiger partial charge in [0.1, 0.15) is 39.7 Å². The molecule has 0 aliphatic heterocycles. The number of ether oxygens (including phenoxy) is 4. The van der Waals surface area contributed by atoms with Crippen molar-refractivity contribution in [3.8, 4) is 45.4 Å². The maximum atomic E-state index is 13.7. The summed E-state index contributed by atoms with van der Waals surface area (Å²) in [5.41, 5.74) is 2.62. The van der Waals surface area contributed by atoms with E-state index < -0.39 is 5.97 Å². The molecule has 2 aromatic heterocycles. The van der Waals surface area contributed by atoms with Gasteiger partial charge in [-0.25, -0.2) is 4.79 Å². The van der Waals surface area contributed by atoms with Crippen LogP contribution in [0.4, 0.5) is 0 Å². The van der Waals surface area contributed by atoms with E-state index in [1.54, 1.807) is 62.6 Å². The largest absolute Gasteiger partial charge is 0.494 e. The first kappa shape index (κ1) is 27.7. The smallest absolute Gasteiger partial charge is 0.348 e. The number of carbonyl (C=O) groups is 1. The van der Waals surface area contributed by atoms with Gasteiger partial charge in [-0.1, -0.05) is 36.4 Å². The third-order valence-corrected chi connectivity index (χ3v) is 7.13. The maximum Gasteiger partial charge on any atom is 0.348 e. The summed E-state index contributed by atoms with van der Waals surface area (Å²) in [6, 6.07) is 24.6. The first-order chi connectivity index (χ1) is 20.9. The Labute approximate surface area is 247 Å². The summed E-state index contributed by atoms with van der Waals surface area (Å²) < 4.78 is 34.5. The Balaban J connectivity index is 1.40. The molecule has 6 rings (SSSR count). The minimum absolute atomic E-state index is 0.216. The van der Waals surface area contributed by atoms with Crippen LogP contribution in [-0.4, -0.2) is 26.8 Å². The first-order valence-electron chi connectivity index (χ1n) is 13.7. The predicted octanol–water partition coefficient (Wildman–Crippen LogP) is 7.82. The summed E-state index contributed by atoms with van der Waals surface area (Å²) in [6.45, 7) is 4.08. The Kier molecular flexibility index (Phi) is 7.34. The van der Waals surface area contributed by atoms with E-state index in [9.17, 15) is 9.59 Å². The Bertz CT molecular complexity index is 2040. The summed E-state index contributed by atoms with van der Waals surface area (Å²) in [5, 5.41) is 0.910. The van der Waals surface area contributed by atoms with Gasteiger partial charge in [0.25, 0.3) is 0 Å². The van der Waals surface area contributed by atoms with Crippen molar-refractivity contribution in [1.29, 1.82) is 0 Å². The minimum atomic E-state index is -0.619. The molecular weight excluding hydrogens is 548 g/mol. The Morgan fingerprint density at radius 1 is 0.744 bits per heavy atom. The Morgan fingerprint density at radius 2 is 1.51 bits per heavy atom. The van der Waals surface area contributed by atoms with Crippen LogP contribution in [0, 0.1) is 6.92 Å². The van der Waals surface area contributed by atoms with Gasteiger partial charge in [-0.15, -0.1) is 0 Å². The van der Waals surface area contributed by atoms with Crippen molar-refractivity contribution in [3.05, 3.63) is 106 Å². The summed E-state index contributed by atoms with van der Waals surface area (Å²) in [5.74, 6) is 2.05. The lowest BCUT2D eigenvalue weighted by molar-refractivity contribution is 0.0737. The highest BCUT2D eigenvalue weighted by Crippen LogP contribution is 2.37. The minimum Gasteiger partial charge on any atom is -0.494 e. The molecule has 0 saturated carbocycles. The van der Waals surface area contributed by atoms with Gasteiger partial charge < -0.3 is 27.8 Å². The fraction of sp³-hybridized carbons (Fsp3) is 0.143. The zero-order valence-corrected chi connectivity index (χ0v) is 24.1. The van der Waals surface area contributed by atoms with Crippen molar-refractivity contribution in [1.82, 2.24) is 0 Å². The second-order valence-electron chi connectivity index (χ2n) is 9.74. The van der Waals surface area contributed by atoms with Crippen LogP contribution in [0.15, 0.2) is 98.6 Å². The number of esters is 1. The number of fused-ring (bicyclic) bond motifs is 2. The van der Waals surface area contributed by atoms with E-state index >= 15 is 0 Å². The molecule has 0 N–H and O–H groups in total. The van der Waals surface area contributed by atoms with Crippen LogP contribution < -0.4 is 24.4 Å². The van der Waals surface area contributed by atoms with Crippen molar-refractivity contribution in [2.75, 3.05) is 20.8 Å². The van der Waals surface area contributed by atoms with E-state index in [2.05, 4.69) is 0 Å². The summed E-state index contributed by atoms with van der Waals surface area (Å²) in [6.07, 6.45) is 0. The summed E-state index contributed by atoms with van der Waals surface area (Å²) in [7, 11) is 3.08.